The lowest BCUT2D eigenvalue weighted by Gasteiger charge is -2.35. The third-order valence-electron chi connectivity index (χ3n) is 4.97. The van der Waals surface area contributed by atoms with Crippen LogP contribution in [0.1, 0.15) is 32.5 Å². The summed E-state index contributed by atoms with van der Waals surface area (Å²) in [6.45, 7) is 7.76. The lowest BCUT2D eigenvalue weighted by Crippen LogP contribution is -2.43. The number of rotatable bonds is 4. The monoisotopic (exact) mass is 343 g/mol. The number of hydrogen-bond donors (Lipinski definition) is 1. The van der Waals surface area contributed by atoms with Crippen molar-refractivity contribution in [1.29, 1.82) is 0 Å². The van der Waals surface area contributed by atoms with E-state index < -0.39 is 0 Å². The summed E-state index contributed by atoms with van der Waals surface area (Å²) in [4.78, 5) is 11.1. The molecule has 2 aromatic rings. The van der Waals surface area contributed by atoms with Gasteiger partial charge in [0.05, 0.1) is 18.7 Å². The zero-order valence-corrected chi connectivity index (χ0v) is 14.8. The highest BCUT2D eigenvalue weighted by molar-refractivity contribution is 5.49. The second-order valence-electron chi connectivity index (χ2n) is 7.10. The molecule has 2 aliphatic heterocycles. The van der Waals surface area contributed by atoms with Gasteiger partial charge < -0.3 is 19.5 Å². The van der Waals surface area contributed by atoms with E-state index in [0.717, 1.165) is 56.5 Å². The van der Waals surface area contributed by atoms with E-state index in [0.29, 0.717) is 12.0 Å². The van der Waals surface area contributed by atoms with Crippen LogP contribution in [0.2, 0.25) is 0 Å². The first kappa shape index (κ1) is 16.3. The molecule has 0 amide bonds. The molecule has 0 aromatic carbocycles. The highest BCUT2D eigenvalue weighted by Crippen LogP contribution is 2.25. The number of fused-ring (bicyclic) bond motifs is 1. The quantitative estimate of drug-likeness (QED) is 0.905. The molecule has 1 saturated heterocycles. The van der Waals surface area contributed by atoms with Crippen LogP contribution in [-0.4, -0.2) is 50.0 Å². The fourth-order valence-electron chi connectivity index (χ4n) is 3.67. The zero-order chi connectivity index (χ0) is 17.2. The van der Waals surface area contributed by atoms with E-state index >= 15 is 0 Å². The average Bonchev–Trinajstić information content (AvgIpc) is 3.10. The van der Waals surface area contributed by atoms with E-state index in [1.54, 1.807) is 12.7 Å². The van der Waals surface area contributed by atoms with E-state index in [1.165, 1.54) is 0 Å². The van der Waals surface area contributed by atoms with Crippen LogP contribution in [0.5, 0.6) is 0 Å². The van der Waals surface area contributed by atoms with Crippen molar-refractivity contribution in [2.75, 3.05) is 23.4 Å². The second kappa shape index (κ2) is 6.95. The molecule has 2 aliphatic rings. The van der Waals surface area contributed by atoms with Crippen LogP contribution < -0.4 is 10.2 Å². The molecule has 4 rings (SSSR count). The van der Waals surface area contributed by atoms with Crippen molar-refractivity contribution >= 4 is 11.6 Å². The van der Waals surface area contributed by atoms with Gasteiger partial charge in [0.25, 0.3) is 0 Å². The molecule has 25 heavy (non-hydrogen) atoms. The van der Waals surface area contributed by atoms with Gasteiger partial charge in [0.1, 0.15) is 24.3 Å². The number of ether oxygens (including phenoxy) is 1. The van der Waals surface area contributed by atoms with Crippen molar-refractivity contribution in [2.24, 2.45) is 5.92 Å². The van der Waals surface area contributed by atoms with Gasteiger partial charge in [-0.05, 0) is 18.8 Å². The third kappa shape index (κ3) is 3.44. The van der Waals surface area contributed by atoms with E-state index in [2.05, 4.69) is 48.8 Å². The zero-order valence-electron chi connectivity index (χ0n) is 14.8. The van der Waals surface area contributed by atoms with Crippen molar-refractivity contribution in [1.82, 2.24) is 24.7 Å². The van der Waals surface area contributed by atoms with E-state index in [-0.39, 0.29) is 6.10 Å². The summed E-state index contributed by atoms with van der Waals surface area (Å²) in [5, 5.41) is 11.7. The lowest BCUT2D eigenvalue weighted by atomic mass is 9.94. The minimum Gasteiger partial charge on any atom is -0.376 e. The second-order valence-corrected chi connectivity index (χ2v) is 7.10. The van der Waals surface area contributed by atoms with Crippen LogP contribution >= 0.6 is 0 Å². The summed E-state index contributed by atoms with van der Waals surface area (Å²) in [6, 6.07) is 2.32. The summed E-state index contributed by atoms with van der Waals surface area (Å²) in [5.41, 5.74) is 0. The maximum atomic E-state index is 5.97. The van der Waals surface area contributed by atoms with Gasteiger partial charge in [0.2, 0.25) is 0 Å². The first-order valence-electron chi connectivity index (χ1n) is 9.02. The molecular weight excluding hydrogens is 318 g/mol. The molecule has 0 spiro atoms. The Labute approximate surface area is 147 Å². The van der Waals surface area contributed by atoms with Crippen LogP contribution in [0.15, 0.2) is 18.7 Å². The van der Waals surface area contributed by atoms with Crippen LogP contribution in [0.25, 0.3) is 0 Å². The minimum atomic E-state index is 0.223. The Morgan fingerprint density at radius 3 is 3.08 bits per heavy atom. The van der Waals surface area contributed by atoms with Gasteiger partial charge in [-0.3, -0.25) is 0 Å². The Balaban J connectivity index is 1.48. The number of hydrogen-bond acceptors (Lipinski definition) is 7. The van der Waals surface area contributed by atoms with Crippen LogP contribution in [-0.2, 0) is 17.8 Å². The summed E-state index contributed by atoms with van der Waals surface area (Å²) in [6.07, 6.45) is 5.83. The predicted octanol–water partition coefficient (Wildman–Crippen LogP) is 1.70. The molecule has 0 saturated carbocycles. The van der Waals surface area contributed by atoms with Gasteiger partial charge in [-0.25, -0.2) is 9.97 Å². The summed E-state index contributed by atoms with van der Waals surface area (Å²) >= 11 is 0. The number of anilines is 2. The summed E-state index contributed by atoms with van der Waals surface area (Å²) < 4.78 is 8.05. The van der Waals surface area contributed by atoms with Gasteiger partial charge in [-0.1, -0.05) is 13.8 Å². The summed E-state index contributed by atoms with van der Waals surface area (Å²) in [7, 11) is 0. The highest BCUT2D eigenvalue weighted by Gasteiger charge is 2.29. The Morgan fingerprint density at radius 2 is 2.20 bits per heavy atom. The molecule has 0 radical (unpaired) electrons. The first-order chi connectivity index (χ1) is 12.2. The smallest absolute Gasteiger partial charge is 0.152 e. The average molecular weight is 343 g/mol. The van der Waals surface area contributed by atoms with Crippen molar-refractivity contribution in [3.63, 3.8) is 0 Å². The Bertz CT molecular complexity index is 717. The highest BCUT2D eigenvalue weighted by atomic mass is 16.5. The maximum Gasteiger partial charge on any atom is 0.152 e. The SMILES string of the molecule is CC(C)[C@@H]1OCCC[C@H]1Nc1cc(N2CCn3cnnc3C2)ncn1. The molecular formula is C17H25N7O. The Kier molecular flexibility index (Phi) is 4.52. The first-order valence-corrected chi connectivity index (χ1v) is 9.02. The Hall–Kier alpha value is -2.22. The maximum absolute atomic E-state index is 5.97. The van der Waals surface area contributed by atoms with Crippen molar-refractivity contribution < 1.29 is 4.74 Å². The van der Waals surface area contributed by atoms with Gasteiger partial charge >= 0.3 is 0 Å². The molecule has 2 aromatic heterocycles. The number of aromatic nitrogens is 5. The van der Waals surface area contributed by atoms with Crippen molar-refractivity contribution in [3.8, 4) is 0 Å². The molecule has 4 heterocycles. The largest absolute Gasteiger partial charge is 0.376 e. The molecule has 8 heteroatoms. The molecule has 0 bridgehead atoms. The minimum absolute atomic E-state index is 0.223. The fraction of sp³-hybridized carbons (Fsp3) is 0.647. The van der Waals surface area contributed by atoms with E-state index in [1.807, 2.05) is 6.07 Å². The van der Waals surface area contributed by atoms with E-state index in [9.17, 15) is 0 Å². The number of nitrogens with zero attached hydrogens (tertiary/aromatic N) is 6. The van der Waals surface area contributed by atoms with Gasteiger partial charge in [0, 0.05) is 25.8 Å². The molecule has 134 valence electrons. The summed E-state index contributed by atoms with van der Waals surface area (Å²) in [5.74, 6) is 3.23. The fourth-order valence-corrected chi connectivity index (χ4v) is 3.67. The van der Waals surface area contributed by atoms with Crippen molar-refractivity contribution in [3.05, 3.63) is 24.5 Å². The van der Waals surface area contributed by atoms with Gasteiger partial charge in [-0.15, -0.1) is 10.2 Å². The molecule has 1 fully saturated rings. The molecule has 0 unspecified atom stereocenters. The standard InChI is InChI=1S/C17H25N7O/c1-12(2)17-13(4-3-7-25-17)21-14-8-15(19-10-18-14)23-5-6-24-11-20-22-16(24)9-23/h8,10-13,17H,3-7,9H2,1-2H3,(H,18,19,21)/t13-,17+/m1/s1. The molecule has 0 aliphatic carbocycles. The van der Waals surface area contributed by atoms with Crippen LogP contribution in [0.4, 0.5) is 11.6 Å². The molecule has 1 N–H and O–H groups in total. The van der Waals surface area contributed by atoms with Gasteiger partial charge in [-0.2, -0.15) is 0 Å². The molecule has 2 atom stereocenters. The van der Waals surface area contributed by atoms with Crippen LogP contribution in [0.3, 0.4) is 0 Å². The topological polar surface area (TPSA) is 81.0 Å². The van der Waals surface area contributed by atoms with E-state index in [4.69, 9.17) is 4.74 Å². The van der Waals surface area contributed by atoms with Gasteiger partial charge in [0.15, 0.2) is 5.82 Å². The predicted molar refractivity (Wildman–Crippen MR) is 94.3 cm³/mol. The lowest BCUT2D eigenvalue weighted by molar-refractivity contribution is -0.0203. The number of nitrogens with one attached hydrogen (secondary N) is 1. The normalized spacial score (nSPS) is 23.6. The Morgan fingerprint density at radius 1 is 1.28 bits per heavy atom. The van der Waals surface area contributed by atoms with Crippen LogP contribution in [0, 0.1) is 5.92 Å². The third-order valence-corrected chi connectivity index (χ3v) is 4.97. The van der Waals surface area contributed by atoms with Crippen molar-refractivity contribution in [2.45, 2.75) is 51.9 Å². The molecule has 8 nitrogen and oxygen atoms in total.